The molecule has 0 saturated carbocycles. The van der Waals surface area contributed by atoms with Crippen molar-refractivity contribution in [2.45, 2.75) is 40.2 Å². The molecule has 0 spiro atoms. The Morgan fingerprint density at radius 3 is 2.38 bits per heavy atom. The number of carbonyl (C=O) groups excluding carboxylic acids is 2. The molecule has 29 heavy (non-hydrogen) atoms. The second-order valence-corrected chi connectivity index (χ2v) is 8.51. The Kier molecular flexibility index (Phi) is 7.39. The molecule has 1 N–H and O–H groups in total. The minimum absolute atomic E-state index is 0.0237. The highest BCUT2D eigenvalue weighted by Crippen LogP contribution is 2.22. The second-order valence-electron chi connectivity index (χ2n) is 7.45. The quantitative estimate of drug-likeness (QED) is 0.749. The Morgan fingerprint density at radius 2 is 1.83 bits per heavy atom. The zero-order chi connectivity index (χ0) is 20.8. The zero-order valence-electron chi connectivity index (χ0n) is 17.5. The van der Waals surface area contributed by atoms with Crippen molar-refractivity contribution in [1.82, 2.24) is 14.8 Å². The van der Waals surface area contributed by atoms with Gasteiger partial charge in [0, 0.05) is 42.2 Å². The summed E-state index contributed by atoms with van der Waals surface area (Å²) in [6, 6.07) is 7.20. The lowest BCUT2D eigenvalue weighted by Crippen LogP contribution is -2.37. The van der Waals surface area contributed by atoms with E-state index in [1.807, 2.05) is 32.9 Å². The van der Waals surface area contributed by atoms with Gasteiger partial charge >= 0.3 is 0 Å². The normalized spacial score (nSPS) is 15.3. The van der Waals surface area contributed by atoms with Crippen LogP contribution in [-0.4, -0.2) is 52.8 Å². The number of rotatable bonds is 7. The molecule has 0 radical (unpaired) electrons. The first kappa shape index (κ1) is 21.5. The number of nitrogens with one attached hydrogen (secondary N) is 1. The van der Waals surface area contributed by atoms with Gasteiger partial charge in [0.2, 0.25) is 5.91 Å². The van der Waals surface area contributed by atoms with E-state index in [0.29, 0.717) is 18.7 Å². The Bertz CT molecular complexity index is 822. The first-order valence-corrected chi connectivity index (χ1v) is 11.2. The number of aryl methyl sites for hydroxylation is 1. The second kappa shape index (κ2) is 9.98. The van der Waals surface area contributed by atoms with Crippen LogP contribution in [0.2, 0.25) is 0 Å². The Labute approximate surface area is 176 Å². The van der Waals surface area contributed by atoms with E-state index in [1.54, 1.807) is 28.4 Å². The number of aromatic nitrogens is 1. The maximum atomic E-state index is 12.6. The van der Waals surface area contributed by atoms with Crippen molar-refractivity contribution in [1.29, 1.82) is 0 Å². The van der Waals surface area contributed by atoms with E-state index in [4.69, 9.17) is 0 Å². The molecule has 1 fully saturated rings. The van der Waals surface area contributed by atoms with Gasteiger partial charge in [-0.25, -0.2) is 4.98 Å². The molecule has 2 amide bonds. The number of likely N-dealkylation sites (tertiary alicyclic amines) is 1. The van der Waals surface area contributed by atoms with Gasteiger partial charge in [-0.2, -0.15) is 0 Å². The molecule has 1 aromatic carbocycles. The number of hydrogen-bond donors (Lipinski definition) is 1. The minimum atomic E-state index is 0.0237. The first-order valence-electron chi connectivity index (χ1n) is 10.3. The molecule has 6 nitrogen and oxygen atoms in total. The Morgan fingerprint density at radius 1 is 1.17 bits per heavy atom. The minimum Gasteiger partial charge on any atom is -0.339 e. The smallest absolute Gasteiger partial charge is 0.253 e. The molecule has 1 aromatic heterocycles. The van der Waals surface area contributed by atoms with Crippen LogP contribution in [0.25, 0.3) is 0 Å². The summed E-state index contributed by atoms with van der Waals surface area (Å²) in [6.45, 7) is 10.0. The van der Waals surface area contributed by atoms with Gasteiger partial charge in [-0.15, -0.1) is 11.3 Å². The highest BCUT2D eigenvalue weighted by molar-refractivity contribution is 7.09. The van der Waals surface area contributed by atoms with Gasteiger partial charge in [0.05, 0.1) is 10.7 Å². The number of thiazole rings is 1. The number of amides is 2. The van der Waals surface area contributed by atoms with Crippen LogP contribution >= 0.6 is 11.3 Å². The summed E-state index contributed by atoms with van der Waals surface area (Å²) in [4.78, 5) is 33.7. The molecule has 1 saturated heterocycles. The van der Waals surface area contributed by atoms with Crippen LogP contribution < -0.4 is 5.32 Å². The Balaban J connectivity index is 1.48. The van der Waals surface area contributed by atoms with Crippen molar-refractivity contribution < 1.29 is 9.59 Å². The van der Waals surface area contributed by atoms with Crippen molar-refractivity contribution in [3.05, 3.63) is 45.9 Å². The van der Waals surface area contributed by atoms with Crippen molar-refractivity contribution >= 4 is 28.8 Å². The SMILES string of the molecule is CCN(CC)C(=O)c1ccc(NC(=O)C2CCN(Cc3csc(C)n3)CC2)cc1. The summed E-state index contributed by atoms with van der Waals surface area (Å²) in [6.07, 6.45) is 1.71. The van der Waals surface area contributed by atoms with Crippen molar-refractivity contribution in [2.75, 3.05) is 31.5 Å². The molecular formula is C22H30N4O2S. The molecule has 2 heterocycles. The molecule has 0 aliphatic carbocycles. The van der Waals surface area contributed by atoms with Gasteiger partial charge < -0.3 is 10.2 Å². The van der Waals surface area contributed by atoms with E-state index in [0.717, 1.165) is 48.9 Å². The first-order chi connectivity index (χ1) is 14.0. The Hall–Kier alpha value is -2.25. The van der Waals surface area contributed by atoms with Gasteiger partial charge in [0.25, 0.3) is 5.91 Å². The van der Waals surface area contributed by atoms with E-state index < -0.39 is 0 Å². The average Bonchev–Trinajstić information content (AvgIpc) is 3.14. The summed E-state index contributed by atoms with van der Waals surface area (Å²) in [5.74, 6) is 0.118. The fourth-order valence-corrected chi connectivity index (χ4v) is 4.30. The van der Waals surface area contributed by atoms with Crippen LogP contribution in [0.5, 0.6) is 0 Å². The number of hydrogen-bond acceptors (Lipinski definition) is 5. The largest absolute Gasteiger partial charge is 0.339 e. The predicted molar refractivity (Wildman–Crippen MR) is 117 cm³/mol. The average molecular weight is 415 g/mol. The fourth-order valence-electron chi connectivity index (χ4n) is 3.70. The molecule has 3 rings (SSSR count). The summed E-state index contributed by atoms with van der Waals surface area (Å²) in [5, 5.41) is 6.22. The molecule has 1 aliphatic rings. The summed E-state index contributed by atoms with van der Waals surface area (Å²) < 4.78 is 0. The monoisotopic (exact) mass is 414 g/mol. The van der Waals surface area contributed by atoms with Crippen LogP contribution in [0.4, 0.5) is 5.69 Å². The van der Waals surface area contributed by atoms with Crippen LogP contribution in [0.15, 0.2) is 29.6 Å². The molecule has 2 aromatic rings. The van der Waals surface area contributed by atoms with E-state index >= 15 is 0 Å². The summed E-state index contributed by atoms with van der Waals surface area (Å²) >= 11 is 1.68. The topological polar surface area (TPSA) is 65.5 Å². The standard InChI is InChI=1S/C22H30N4O2S/c1-4-26(5-2)22(28)18-6-8-19(9-7-18)24-21(27)17-10-12-25(13-11-17)14-20-15-29-16(3)23-20/h6-9,15,17H,4-5,10-14H2,1-3H3,(H,24,27). The van der Waals surface area contributed by atoms with E-state index in [-0.39, 0.29) is 17.7 Å². The third-order valence-electron chi connectivity index (χ3n) is 5.46. The molecule has 0 bridgehead atoms. The predicted octanol–water partition coefficient (Wildman–Crippen LogP) is 3.78. The fraction of sp³-hybridized carbons (Fsp3) is 0.500. The maximum absolute atomic E-state index is 12.6. The van der Waals surface area contributed by atoms with Crippen LogP contribution in [0.1, 0.15) is 47.7 Å². The van der Waals surface area contributed by atoms with E-state index in [9.17, 15) is 9.59 Å². The van der Waals surface area contributed by atoms with E-state index in [2.05, 4.69) is 20.6 Å². The third-order valence-corrected chi connectivity index (χ3v) is 6.28. The number of benzene rings is 1. The molecule has 0 unspecified atom stereocenters. The van der Waals surface area contributed by atoms with Crippen LogP contribution in [0.3, 0.4) is 0 Å². The van der Waals surface area contributed by atoms with Gasteiger partial charge in [0.15, 0.2) is 0 Å². The summed E-state index contributed by atoms with van der Waals surface area (Å²) in [7, 11) is 0. The van der Waals surface area contributed by atoms with Crippen molar-refractivity contribution in [3.8, 4) is 0 Å². The lowest BCUT2D eigenvalue weighted by atomic mass is 9.95. The lowest BCUT2D eigenvalue weighted by Gasteiger charge is -2.30. The highest BCUT2D eigenvalue weighted by Gasteiger charge is 2.25. The lowest BCUT2D eigenvalue weighted by molar-refractivity contribution is -0.121. The molecule has 7 heteroatoms. The number of carbonyl (C=O) groups is 2. The third kappa shape index (κ3) is 5.64. The zero-order valence-corrected chi connectivity index (χ0v) is 18.3. The van der Waals surface area contributed by atoms with Crippen LogP contribution in [-0.2, 0) is 11.3 Å². The van der Waals surface area contributed by atoms with Crippen molar-refractivity contribution in [3.63, 3.8) is 0 Å². The summed E-state index contributed by atoms with van der Waals surface area (Å²) in [5.41, 5.74) is 2.51. The van der Waals surface area contributed by atoms with Crippen molar-refractivity contribution in [2.24, 2.45) is 5.92 Å². The van der Waals surface area contributed by atoms with Gasteiger partial charge in [-0.3, -0.25) is 14.5 Å². The maximum Gasteiger partial charge on any atom is 0.253 e. The number of nitrogens with zero attached hydrogens (tertiary/aromatic N) is 3. The van der Waals surface area contributed by atoms with Gasteiger partial charge in [0.1, 0.15) is 0 Å². The highest BCUT2D eigenvalue weighted by atomic mass is 32.1. The molecule has 1 aliphatic heterocycles. The van der Waals surface area contributed by atoms with E-state index in [1.165, 1.54) is 0 Å². The number of anilines is 1. The van der Waals surface area contributed by atoms with Gasteiger partial charge in [-0.05, 0) is 71.0 Å². The van der Waals surface area contributed by atoms with Gasteiger partial charge in [-0.1, -0.05) is 0 Å². The van der Waals surface area contributed by atoms with Crippen LogP contribution in [0, 0.1) is 12.8 Å². The molecule has 156 valence electrons. The number of piperidine rings is 1. The molecule has 0 atom stereocenters. The molecular weight excluding hydrogens is 384 g/mol.